The molecule has 3 nitrogen and oxygen atoms in total. The van der Waals surface area contributed by atoms with Crippen LogP contribution >= 0.6 is 15.9 Å². The van der Waals surface area contributed by atoms with Crippen LogP contribution in [0, 0.1) is 11.8 Å². The van der Waals surface area contributed by atoms with Gasteiger partial charge in [-0.1, -0.05) is 22.4 Å². The Morgan fingerprint density at radius 1 is 1.29 bits per heavy atom. The van der Waals surface area contributed by atoms with Crippen molar-refractivity contribution in [2.24, 2.45) is 11.8 Å². The summed E-state index contributed by atoms with van der Waals surface area (Å²) in [4.78, 5) is 2.61. The van der Waals surface area contributed by atoms with E-state index in [1.807, 2.05) is 0 Å². The van der Waals surface area contributed by atoms with Crippen LogP contribution in [0.3, 0.4) is 0 Å². The van der Waals surface area contributed by atoms with E-state index in [0.717, 1.165) is 36.0 Å². The molecule has 0 spiro atoms. The minimum Gasteiger partial charge on any atom is -0.383 e. The highest BCUT2D eigenvalue weighted by Gasteiger charge is 2.36. The molecule has 1 aromatic rings. The van der Waals surface area contributed by atoms with Crippen LogP contribution in [0.1, 0.15) is 24.8 Å². The summed E-state index contributed by atoms with van der Waals surface area (Å²) in [5.74, 6) is 1.87. The maximum absolute atomic E-state index is 5.10. The van der Waals surface area contributed by atoms with Crippen molar-refractivity contribution in [3.63, 3.8) is 0 Å². The van der Waals surface area contributed by atoms with Gasteiger partial charge < -0.3 is 15.0 Å². The molecule has 1 aliphatic heterocycles. The molecule has 2 aliphatic rings. The van der Waals surface area contributed by atoms with E-state index in [1.165, 1.54) is 43.6 Å². The number of methoxy groups -OCH3 is 1. The van der Waals surface area contributed by atoms with Crippen molar-refractivity contribution in [2.75, 3.05) is 38.3 Å². The fourth-order valence-electron chi connectivity index (χ4n) is 3.83. The maximum atomic E-state index is 5.10. The molecule has 1 saturated heterocycles. The smallest absolute Gasteiger partial charge is 0.0587 e. The summed E-state index contributed by atoms with van der Waals surface area (Å²) in [6, 6.07) is 6.70. The van der Waals surface area contributed by atoms with Gasteiger partial charge in [0.2, 0.25) is 0 Å². The molecule has 0 amide bonds. The van der Waals surface area contributed by atoms with Crippen molar-refractivity contribution in [2.45, 2.75) is 25.8 Å². The summed E-state index contributed by atoms with van der Waals surface area (Å²) in [7, 11) is 1.75. The molecule has 0 radical (unpaired) electrons. The highest BCUT2D eigenvalue weighted by atomic mass is 79.9. The van der Waals surface area contributed by atoms with Crippen molar-refractivity contribution >= 4 is 21.6 Å². The van der Waals surface area contributed by atoms with Gasteiger partial charge in [0.15, 0.2) is 0 Å². The Balaban J connectivity index is 1.69. The Morgan fingerprint density at radius 2 is 2.05 bits per heavy atom. The van der Waals surface area contributed by atoms with E-state index in [9.17, 15) is 0 Å². The molecule has 116 valence electrons. The molecule has 2 fully saturated rings. The number of nitrogens with one attached hydrogen (secondary N) is 1. The van der Waals surface area contributed by atoms with E-state index in [-0.39, 0.29) is 0 Å². The lowest BCUT2D eigenvalue weighted by Crippen LogP contribution is -2.25. The van der Waals surface area contributed by atoms with Gasteiger partial charge in [0, 0.05) is 43.4 Å². The Morgan fingerprint density at radius 3 is 2.76 bits per heavy atom. The number of anilines is 1. The molecule has 2 atom stereocenters. The van der Waals surface area contributed by atoms with E-state index < -0.39 is 0 Å². The summed E-state index contributed by atoms with van der Waals surface area (Å²) >= 11 is 3.61. The minimum atomic E-state index is 0.761. The van der Waals surface area contributed by atoms with Gasteiger partial charge in [-0.05, 0) is 48.4 Å². The summed E-state index contributed by atoms with van der Waals surface area (Å²) in [5.41, 5.74) is 2.80. The number of rotatable bonds is 6. The second-order valence-corrected chi connectivity index (χ2v) is 7.21. The lowest BCUT2D eigenvalue weighted by Gasteiger charge is -2.23. The fraction of sp³-hybridized carbons (Fsp3) is 0.647. The van der Waals surface area contributed by atoms with E-state index in [2.05, 4.69) is 44.3 Å². The van der Waals surface area contributed by atoms with Crippen LogP contribution in [-0.4, -0.2) is 33.4 Å². The maximum Gasteiger partial charge on any atom is 0.0587 e. The topological polar surface area (TPSA) is 24.5 Å². The predicted octanol–water partition coefficient (Wildman–Crippen LogP) is 3.42. The molecule has 3 rings (SSSR count). The van der Waals surface area contributed by atoms with E-state index in [4.69, 9.17) is 4.74 Å². The van der Waals surface area contributed by atoms with Crippen LogP contribution in [-0.2, 0) is 11.3 Å². The molecule has 0 bridgehead atoms. The van der Waals surface area contributed by atoms with E-state index >= 15 is 0 Å². The Labute approximate surface area is 136 Å². The van der Waals surface area contributed by atoms with Crippen molar-refractivity contribution in [3.8, 4) is 0 Å². The number of nitrogens with zero attached hydrogens (tertiary/aromatic N) is 1. The van der Waals surface area contributed by atoms with Gasteiger partial charge in [0.1, 0.15) is 0 Å². The number of halogens is 1. The summed E-state index contributed by atoms with van der Waals surface area (Å²) in [6.45, 7) is 5.06. The molecule has 1 N–H and O–H groups in total. The first-order valence-electron chi connectivity index (χ1n) is 8.01. The molecule has 2 unspecified atom stereocenters. The zero-order chi connectivity index (χ0) is 14.7. The number of ether oxygens (including phenoxy) is 1. The van der Waals surface area contributed by atoms with Crippen LogP contribution in [0.15, 0.2) is 22.7 Å². The molecule has 4 heteroatoms. The van der Waals surface area contributed by atoms with Gasteiger partial charge in [-0.25, -0.2) is 0 Å². The van der Waals surface area contributed by atoms with E-state index in [1.54, 1.807) is 7.11 Å². The molecule has 1 aromatic carbocycles. The highest BCUT2D eigenvalue weighted by Crippen LogP contribution is 2.40. The van der Waals surface area contributed by atoms with Crippen molar-refractivity contribution in [1.82, 2.24) is 5.32 Å². The third-order valence-corrected chi connectivity index (χ3v) is 5.40. The van der Waals surface area contributed by atoms with Gasteiger partial charge in [0.25, 0.3) is 0 Å². The molecule has 1 saturated carbocycles. The second kappa shape index (κ2) is 7.12. The minimum absolute atomic E-state index is 0.761. The first kappa shape index (κ1) is 15.3. The third-order valence-electron chi connectivity index (χ3n) is 4.91. The van der Waals surface area contributed by atoms with Gasteiger partial charge in [-0.15, -0.1) is 0 Å². The summed E-state index contributed by atoms with van der Waals surface area (Å²) in [5, 5.41) is 3.47. The summed E-state index contributed by atoms with van der Waals surface area (Å²) in [6.07, 6.45) is 4.30. The number of fused-ring (bicyclic) bond motifs is 1. The zero-order valence-electron chi connectivity index (χ0n) is 12.8. The molecule has 0 aromatic heterocycles. The van der Waals surface area contributed by atoms with Gasteiger partial charge >= 0.3 is 0 Å². The van der Waals surface area contributed by atoms with Crippen molar-refractivity contribution in [3.05, 3.63) is 28.2 Å². The van der Waals surface area contributed by atoms with Crippen LogP contribution in [0.4, 0.5) is 5.69 Å². The zero-order valence-corrected chi connectivity index (χ0v) is 14.4. The Bertz CT molecular complexity index is 468. The monoisotopic (exact) mass is 352 g/mol. The SMILES string of the molecule is COCCNCc1cc(Br)ccc1N1CC2CCCC2C1. The average molecular weight is 353 g/mol. The number of hydrogen-bond acceptors (Lipinski definition) is 3. The molecular formula is C17H25BrN2O. The Hall–Kier alpha value is -0.580. The third kappa shape index (κ3) is 3.61. The van der Waals surface area contributed by atoms with Crippen LogP contribution < -0.4 is 10.2 Å². The predicted molar refractivity (Wildman–Crippen MR) is 90.8 cm³/mol. The summed E-state index contributed by atoms with van der Waals surface area (Å²) < 4.78 is 6.26. The van der Waals surface area contributed by atoms with Gasteiger partial charge in [-0.2, -0.15) is 0 Å². The second-order valence-electron chi connectivity index (χ2n) is 6.30. The van der Waals surface area contributed by atoms with Crippen LogP contribution in [0.5, 0.6) is 0 Å². The van der Waals surface area contributed by atoms with E-state index in [0.29, 0.717) is 0 Å². The molecule has 1 heterocycles. The number of benzene rings is 1. The first-order chi connectivity index (χ1) is 10.3. The lowest BCUT2D eigenvalue weighted by atomic mass is 10.0. The average Bonchev–Trinajstić information content (AvgIpc) is 3.05. The largest absolute Gasteiger partial charge is 0.383 e. The lowest BCUT2D eigenvalue weighted by molar-refractivity contribution is 0.199. The van der Waals surface area contributed by atoms with Gasteiger partial charge in [-0.3, -0.25) is 0 Å². The highest BCUT2D eigenvalue weighted by molar-refractivity contribution is 9.10. The number of hydrogen-bond donors (Lipinski definition) is 1. The van der Waals surface area contributed by atoms with Crippen molar-refractivity contribution in [1.29, 1.82) is 0 Å². The fourth-order valence-corrected chi connectivity index (χ4v) is 4.24. The standard InChI is InChI=1S/C17H25BrN2O/c1-21-8-7-19-10-15-9-16(18)5-6-17(15)20-11-13-3-2-4-14(13)12-20/h5-6,9,13-14,19H,2-4,7-8,10-12H2,1H3. The van der Waals surface area contributed by atoms with Gasteiger partial charge in [0.05, 0.1) is 6.61 Å². The Kier molecular flexibility index (Phi) is 5.19. The first-order valence-corrected chi connectivity index (χ1v) is 8.80. The normalized spacial score (nSPS) is 24.6. The molecule has 1 aliphatic carbocycles. The molecular weight excluding hydrogens is 328 g/mol. The quantitative estimate of drug-likeness (QED) is 0.793. The van der Waals surface area contributed by atoms with Crippen LogP contribution in [0.2, 0.25) is 0 Å². The van der Waals surface area contributed by atoms with Crippen LogP contribution in [0.25, 0.3) is 0 Å². The molecule has 21 heavy (non-hydrogen) atoms. The van der Waals surface area contributed by atoms with Crippen molar-refractivity contribution < 1.29 is 4.74 Å².